The maximum atomic E-state index is 13.0. The maximum absolute atomic E-state index is 13.0. The molecule has 1 N–H and O–H groups in total. The van der Waals surface area contributed by atoms with Gasteiger partial charge in [0.25, 0.3) is 0 Å². The first kappa shape index (κ1) is 15.5. The Kier molecular flexibility index (Phi) is 4.71. The minimum absolute atomic E-state index is 0.155. The fraction of sp³-hybridized carbons (Fsp3) is 0.0588. The molecule has 0 fully saturated rings. The summed E-state index contributed by atoms with van der Waals surface area (Å²) in [4.78, 5) is 11.9. The number of hydrogen-bond acceptors (Lipinski definition) is 4. The quantitative estimate of drug-likeness (QED) is 0.730. The lowest BCUT2D eigenvalue weighted by Gasteiger charge is -2.05. The zero-order chi connectivity index (χ0) is 16.8. The number of halogens is 1. The number of nitrogens with one attached hydrogen (secondary N) is 1. The van der Waals surface area contributed by atoms with Crippen LogP contribution in [-0.4, -0.2) is 26.1 Å². The highest BCUT2D eigenvalue weighted by molar-refractivity contribution is 5.91. The first-order chi connectivity index (χ1) is 11.7. The second-order valence-corrected chi connectivity index (χ2v) is 4.95. The third kappa shape index (κ3) is 3.89. The molecule has 120 valence electrons. The van der Waals surface area contributed by atoms with Crippen molar-refractivity contribution in [3.63, 3.8) is 0 Å². The summed E-state index contributed by atoms with van der Waals surface area (Å²) in [7, 11) is 0. The van der Waals surface area contributed by atoms with E-state index in [-0.39, 0.29) is 18.3 Å². The van der Waals surface area contributed by atoms with Crippen LogP contribution in [0.4, 0.5) is 4.39 Å². The van der Waals surface area contributed by atoms with E-state index in [4.69, 9.17) is 0 Å². The van der Waals surface area contributed by atoms with Gasteiger partial charge in [-0.05, 0) is 46.3 Å². The van der Waals surface area contributed by atoms with Crippen LogP contribution in [0, 0.1) is 5.82 Å². The Morgan fingerprint density at radius 2 is 1.88 bits per heavy atom. The standard InChI is InChI=1S/C17H14FN5O/c18-14-7-9-15(10-8-14)23-16(20-21-22-23)12-19-17(24)11-6-13-4-2-1-3-5-13/h1-11H,12H2,(H,19,24)/b11-6-. The Morgan fingerprint density at radius 3 is 2.62 bits per heavy atom. The minimum Gasteiger partial charge on any atom is -0.345 e. The number of benzene rings is 2. The van der Waals surface area contributed by atoms with Gasteiger partial charge >= 0.3 is 0 Å². The van der Waals surface area contributed by atoms with Gasteiger partial charge in [-0.1, -0.05) is 30.3 Å². The molecule has 3 rings (SSSR count). The molecule has 1 amide bonds. The van der Waals surface area contributed by atoms with Crippen LogP contribution in [0.2, 0.25) is 0 Å². The fourth-order valence-electron chi connectivity index (χ4n) is 2.06. The molecule has 0 aliphatic heterocycles. The van der Waals surface area contributed by atoms with Crippen molar-refractivity contribution in [2.75, 3.05) is 0 Å². The van der Waals surface area contributed by atoms with E-state index in [2.05, 4.69) is 20.8 Å². The molecule has 0 saturated carbocycles. The molecule has 0 atom stereocenters. The van der Waals surface area contributed by atoms with Gasteiger partial charge in [-0.15, -0.1) is 5.10 Å². The third-order valence-corrected chi connectivity index (χ3v) is 3.25. The summed E-state index contributed by atoms with van der Waals surface area (Å²) < 4.78 is 14.4. The average Bonchev–Trinajstić information content (AvgIpc) is 3.08. The Labute approximate surface area is 137 Å². The van der Waals surface area contributed by atoms with Crippen molar-refractivity contribution in [2.24, 2.45) is 0 Å². The van der Waals surface area contributed by atoms with E-state index in [1.165, 1.54) is 22.9 Å². The van der Waals surface area contributed by atoms with Crippen molar-refractivity contribution in [3.8, 4) is 5.69 Å². The van der Waals surface area contributed by atoms with Gasteiger partial charge in [-0.2, -0.15) is 4.68 Å². The predicted molar refractivity (Wildman–Crippen MR) is 86.4 cm³/mol. The van der Waals surface area contributed by atoms with Gasteiger partial charge in [0, 0.05) is 6.08 Å². The Hall–Kier alpha value is -3.35. The summed E-state index contributed by atoms with van der Waals surface area (Å²) in [5.74, 6) is -0.150. The zero-order valence-electron chi connectivity index (χ0n) is 12.6. The van der Waals surface area contributed by atoms with E-state index in [0.29, 0.717) is 11.5 Å². The van der Waals surface area contributed by atoms with Crippen molar-refractivity contribution in [1.82, 2.24) is 25.5 Å². The molecule has 1 aromatic heterocycles. The van der Waals surface area contributed by atoms with Gasteiger partial charge in [-0.3, -0.25) is 4.79 Å². The molecule has 6 nitrogen and oxygen atoms in total. The summed E-state index contributed by atoms with van der Waals surface area (Å²) in [5, 5.41) is 14.0. The highest BCUT2D eigenvalue weighted by Crippen LogP contribution is 2.09. The summed E-state index contributed by atoms with van der Waals surface area (Å²) >= 11 is 0. The second-order valence-electron chi connectivity index (χ2n) is 4.95. The monoisotopic (exact) mass is 323 g/mol. The van der Waals surface area contributed by atoms with Crippen molar-refractivity contribution < 1.29 is 9.18 Å². The molecule has 0 spiro atoms. The highest BCUT2D eigenvalue weighted by Gasteiger charge is 2.09. The molecular formula is C17H14FN5O. The van der Waals surface area contributed by atoms with Crippen LogP contribution in [0.5, 0.6) is 0 Å². The summed E-state index contributed by atoms with van der Waals surface area (Å²) in [6, 6.07) is 15.3. The Morgan fingerprint density at radius 1 is 1.12 bits per heavy atom. The number of amides is 1. The van der Waals surface area contributed by atoms with Crippen molar-refractivity contribution in [3.05, 3.63) is 77.9 Å². The molecule has 0 bridgehead atoms. The number of hydrogen-bond donors (Lipinski definition) is 1. The second kappa shape index (κ2) is 7.28. The summed E-state index contributed by atoms with van der Waals surface area (Å²) in [5.41, 5.74) is 1.55. The van der Waals surface area contributed by atoms with Gasteiger partial charge in [0.1, 0.15) is 5.82 Å². The van der Waals surface area contributed by atoms with E-state index in [1.54, 1.807) is 18.2 Å². The molecular weight excluding hydrogens is 309 g/mol. The molecule has 0 radical (unpaired) electrons. The maximum Gasteiger partial charge on any atom is 0.244 e. The lowest BCUT2D eigenvalue weighted by atomic mass is 10.2. The van der Waals surface area contributed by atoms with E-state index < -0.39 is 0 Å². The molecule has 3 aromatic rings. The van der Waals surface area contributed by atoms with Crippen LogP contribution in [0.25, 0.3) is 11.8 Å². The normalized spacial score (nSPS) is 10.9. The number of carbonyl (C=O) groups excluding carboxylic acids is 1. The molecule has 0 unspecified atom stereocenters. The number of tetrazole rings is 1. The lowest BCUT2D eigenvalue weighted by Crippen LogP contribution is -2.22. The Balaban J connectivity index is 1.63. The number of rotatable bonds is 5. The van der Waals surface area contributed by atoms with E-state index in [0.717, 1.165) is 5.56 Å². The van der Waals surface area contributed by atoms with E-state index in [9.17, 15) is 9.18 Å². The number of aromatic nitrogens is 4. The minimum atomic E-state index is -0.340. The highest BCUT2D eigenvalue weighted by atomic mass is 19.1. The van der Waals surface area contributed by atoms with Gasteiger partial charge in [-0.25, -0.2) is 4.39 Å². The molecule has 1 heterocycles. The van der Waals surface area contributed by atoms with Gasteiger partial charge in [0.2, 0.25) is 5.91 Å². The number of carbonyl (C=O) groups is 1. The SMILES string of the molecule is O=C(/C=C\c1ccccc1)NCc1nnnn1-c1ccc(F)cc1. The van der Waals surface area contributed by atoms with Crippen LogP contribution in [0.1, 0.15) is 11.4 Å². The van der Waals surface area contributed by atoms with Crippen LogP contribution in [-0.2, 0) is 11.3 Å². The lowest BCUT2D eigenvalue weighted by molar-refractivity contribution is -0.116. The average molecular weight is 323 g/mol. The largest absolute Gasteiger partial charge is 0.345 e. The third-order valence-electron chi connectivity index (χ3n) is 3.25. The van der Waals surface area contributed by atoms with Gasteiger partial charge in [0.05, 0.1) is 12.2 Å². The summed E-state index contributed by atoms with van der Waals surface area (Å²) in [6.07, 6.45) is 3.17. The van der Waals surface area contributed by atoms with Crippen LogP contribution in [0.3, 0.4) is 0 Å². The van der Waals surface area contributed by atoms with Crippen LogP contribution >= 0.6 is 0 Å². The topological polar surface area (TPSA) is 72.7 Å². The number of nitrogens with zero attached hydrogens (tertiary/aromatic N) is 4. The molecule has 7 heteroatoms. The molecule has 2 aromatic carbocycles. The van der Waals surface area contributed by atoms with Gasteiger partial charge < -0.3 is 5.32 Å². The molecule has 0 saturated heterocycles. The molecule has 24 heavy (non-hydrogen) atoms. The predicted octanol–water partition coefficient (Wildman–Crippen LogP) is 2.13. The van der Waals surface area contributed by atoms with E-state index in [1.807, 2.05) is 30.3 Å². The first-order valence-corrected chi connectivity index (χ1v) is 7.26. The van der Waals surface area contributed by atoms with E-state index >= 15 is 0 Å². The van der Waals surface area contributed by atoms with Crippen molar-refractivity contribution in [2.45, 2.75) is 6.54 Å². The van der Waals surface area contributed by atoms with Gasteiger partial charge in [0.15, 0.2) is 5.82 Å². The first-order valence-electron chi connectivity index (χ1n) is 7.26. The van der Waals surface area contributed by atoms with Crippen LogP contribution in [0.15, 0.2) is 60.7 Å². The Bertz CT molecular complexity index is 843. The smallest absolute Gasteiger partial charge is 0.244 e. The summed E-state index contributed by atoms with van der Waals surface area (Å²) in [6.45, 7) is 0.155. The molecule has 0 aliphatic carbocycles. The van der Waals surface area contributed by atoms with Crippen LogP contribution < -0.4 is 5.32 Å². The van der Waals surface area contributed by atoms with Crippen molar-refractivity contribution in [1.29, 1.82) is 0 Å². The van der Waals surface area contributed by atoms with Crippen molar-refractivity contribution >= 4 is 12.0 Å². The molecule has 0 aliphatic rings. The zero-order valence-corrected chi connectivity index (χ0v) is 12.6. The fourth-order valence-corrected chi connectivity index (χ4v) is 2.06.